The lowest BCUT2D eigenvalue weighted by molar-refractivity contribution is -0.108. The van der Waals surface area contributed by atoms with Gasteiger partial charge in [-0.1, -0.05) is 12.1 Å². The Balaban J connectivity index is 2.56. The Morgan fingerprint density at radius 1 is 1.31 bits per heavy atom. The van der Waals surface area contributed by atoms with E-state index in [4.69, 9.17) is 0 Å². The topological polar surface area (TPSA) is 62.2 Å². The number of nitrogens with zero attached hydrogens (tertiary/aromatic N) is 1. The number of carbonyl (C=O) groups is 1. The molecule has 1 amide bonds. The molecule has 0 fully saturated rings. The summed E-state index contributed by atoms with van der Waals surface area (Å²) >= 11 is 0. The summed E-state index contributed by atoms with van der Waals surface area (Å²) in [5, 5.41) is 12.8. The number of hydrogen-bond acceptors (Lipinski definition) is 3. The van der Waals surface area contributed by atoms with Crippen molar-refractivity contribution in [3.8, 4) is 5.75 Å². The zero-order valence-electron chi connectivity index (χ0n) is 8.42. The van der Waals surface area contributed by atoms with Crippen LogP contribution in [0.5, 0.6) is 5.75 Å². The first-order valence-electron chi connectivity index (χ1n) is 4.76. The van der Waals surface area contributed by atoms with Crippen molar-refractivity contribution in [2.24, 2.45) is 0 Å². The highest BCUT2D eigenvalue weighted by atomic mass is 16.3. The molecule has 0 aliphatic rings. The molecule has 1 aromatic carbocycles. The van der Waals surface area contributed by atoms with Crippen molar-refractivity contribution in [3.63, 3.8) is 0 Å². The van der Waals surface area contributed by atoms with Crippen LogP contribution in [0.4, 0.5) is 0 Å². The van der Waals surface area contributed by atoms with Crippen LogP contribution in [-0.4, -0.2) is 16.5 Å². The van der Waals surface area contributed by atoms with Crippen molar-refractivity contribution >= 4 is 23.4 Å². The van der Waals surface area contributed by atoms with Crippen molar-refractivity contribution in [1.29, 1.82) is 0 Å². The second-order valence-electron chi connectivity index (χ2n) is 3.19. The molecule has 0 saturated carbocycles. The molecule has 2 N–H and O–H groups in total. The lowest BCUT2D eigenvalue weighted by Gasteiger charge is -2.03. The average Bonchev–Trinajstić information content (AvgIpc) is 2.30. The maximum atomic E-state index is 10.1. The van der Waals surface area contributed by atoms with Crippen LogP contribution < -0.4 is 5.32 Å². The number of pyridine rings is 1. The van der Waals surface area contributed by atoms with Crippen LogP contribution in [-0.2, 0) is 4.79 Å². The molecule has 0 aliphatic carbocycles. The number of rotatable bonds is 3. The number of fused-ring (bicyclic) bond motifs is 1. The fourth-order valence-corrected chi connectivity index (χ4v) is 1.53. The summed E-state index contributed by atoms with van der Waals surface area (Å²) in [7, 11) is 0. The van der Waals surface area contributed by atoms with Crippen molar-refractivity contribution in [3.05, 3.63) is 42.2 Å². The largest absolute Gasteiger partial charge is 0.507 e. The maximum Gasteiger partial charge on any atom is 0.211 e. The monoisotopic (exact) mass is 214 g/mol. The Morgan fingerprint density at radius 2 is 2.19 bits per heavy atom. The van der Waals surface area contributed by atoms with E-state index in [0.29, 0.717) is 17.3 Å². The van der Waals surface area contributed by atoms with Crippen LogP contribution in [0.15, 0.2) is 36.7 Å². The van der Waals surface area contributed by atoms with Gasteiger partial charge in [0.2, 0.25) is 6.41 Å². The van der Waals surface area contributed by atoms with Crippen molar-refractivity contribution in [2.45, 2.75) is 0 Å². The van der Waals surface area contributed by atoms with Gasteiger partial charge in [-0.3, -0.25) is 9.78 Å². The first kappa shape index (κ1) is 10.2. The van der Waals surface area contributed by atoms with Gasteiger partial charge in [0.05, 0.1) is 5.52 Å². The number of aromatic nitrogens is 1. The summed E-state index contributed by atoms with van der Waals surface area (Å²) in [5.74, 6) is 0.177. The molecule has 0 aliphatic heterocycles. The average molecular weight is 214 g/mol. The molecule has 4 heteroatoms. The number of nitrogens with one attached hydrogen (secondary N) is 1. The van der Waals surface area contributed by atoms with Gasteiger partial charge in [-0.05, 0) is 23.8 Å². The van der Waals surface area contributed by atoms with Gasteiger partial charge in [0, 0.05) is 17.8 Å². The minimum absolute atomic E-state index is 0.177. The molecule has 0 radical (unpaired) electrons. The van der Waals surface area contributed by atoms with Gasteiger partial charge in [-0.25, -0.2) is 0 Å². The molecule has 2 aromatic rings. The van der Waals surface area contributed by atoms with Gasteiger partial charge in [0.15, 0.2) is 0 Å². The van der Waals surface area contributed by atoms with E-state index in [1.165, 1.54) is 12.3 Å². The lowest BCUT2D eigenvalue weighted by atomic mass is 10.1. The summed E-state index contributed by atoms with van der Waals surface area (Å²) < 4.78 is 0. The van der Waals surface area contributed by atoms with E-state index < -0.39 is 0 Å². The molecule has 1 aromatic heterocycles. The van der Waals surface area contributed by atoms with Crippen LogP contribution in [0.1, 0.15) is 5.56 Å². The minimum Gasteiger partial charge on any atom is -0.507 e. The quantitative estimate of drug-likeness (QED) is 0.764. The third-order valence-electron chi connectivity index (χ3n) is 2.20. The summed E-state index contributed by atoms with van der Waals surface area (Å²) in [6.07, 6.45) is 5.35. The van der Waals surface area contributed by atoms with Gasteiger partial charge in [0.1, 0.15) is 5.75 Å². The number of aromatic hydroxyl groups is 1. The Labute approximate surface area is 92.2 Å². The van der Waals surface area contributed by atoms with Crippen molar-refractivity contribution in [2.75, 3.05) is 0 Å². The van der Waals surface area contributed by atoms with E-state index >= 15 is 0 Å². The van der Waals surface area contributed by atoms with Crippen LogP contribution in [0.3, 0.4) is 0 Å². The highest BCUT2D eigenvalue weighted by Gasteiger charge is 2.03. The SMILES string of the molecule is O=CNC=Cc1cccc2nccc(O)c12. The second-order valence-corrected chi connectivity index (χ2v) is 3.19. The Hall–Kier alpha value is -2.36. The molecule has 4 nitrogen and oxygen atoms in total. The predicted octanol–water partition coefficient (Wildman–Crippen LogP) is 1.66. The number of carbonyl (C=O) groups excluding carboxylic acids is 1. The fraction of sp³-hybridized carbons (Fsp3) is 0. The fourth-order valence-electron chi connectivity index (χ4n) is 1.53. The van der Waals surface area contributed by atoms with E-state index in [1.54, 1.807) is 12.3 Å². The molecule has 1 heterocycles. The summed E-state index contributed by atoms with van der Waals surface area (Å²) in [6.45, 7) is 0. The van der Waals surface area contributed by atoms with Gasteiger partial charge >= 0.3 is 0 Å². The molecule has 2 rings (SSSR count). The highest BCUT2D eigenvalue weighted by molar-refractivity contribution is 5.92. The van der Waals surface area contributed by atoms with Crippen LogP contribution in [0.25, 0.3) is 17.0 Å². The van der Waals surface area contributed by atoms with E-state index in [1.807, 2.05) is 18.2 Å². The zero-order chi connectivity index (χ0) is 11.4. The molecular formula is C12H10N2O2. The minimum atomic E-state index is 0.177. The first-order chi connectivity index (χ1) is 7.83. The summed E-state index contributed by atoms with van der Waals surface area (Å²) in [5.41, 5.74) is 1.52. The second kappa shape index (κ2) is 4.44. The van der Waals surface area contributed by atoms with Crippen molar-refractivity contribution < 1.29 is 9.90 Å². The number of benzene rings is 1. The summed E-state index contributed by atoms with van der Waals surface area (Å²) in [4.78, 5) is 14.2. The van der Waals surface area contributed by atoms with Crippen LogP contribution >= 0.6 is 0 Å². The van der Waals surface area contributed by atoms with Crippen LogP contribution in [0.2, 0.25) is 0 Å². The molecule has 0 saturated heterocycles. The van der Waals surface area contributed by atoms with Gasteiger partial charge < -0.3 is 10.4 Å². The smallest absolute Gasteiger partial charge is 0.211 e. The Bertz CT molecular complexity index is 544. The molecule has 0 atom stereocenters. The molecule has 0 unspecified atom stereocenters. The first-order valence-corrected chi connectivity index (χ1v) is 4.76. The van der Waals surface area contributed by atoms with E-state index in [9.17, 15) is 9.90 Å². The predicted molar refractivity (Wildman–Crippen MR) is 61.6 cm³/mol. The highest BCUT2D eigenvalue weighted by Crippen LogP contribution is 2.26. The van der Waals surface area contributed by atoms with Crippen molar-refractivity contribution in [1.82, 2.24) is 10.3 Å². The Kier molecular flexibility index (Phi) is 2.82. The number of amides is 1. The van der Waals surface area contributed by atoms with E-state index in [0.717, 1.165) is 5.56 Å². The molecule has 0 spiro atoms. The molecular weight excluding hydrogens is 204 g/mol. The lowest BCUT2D eigenvalue weighted by Crippen LogP contribution is -1.98. The van der Waals surface area contributed by atoms with Gasteiger partial charge in [0.25, 0.3) is 0 Å². The zero-order valence-corrected chi connectivity index (χ0v) is 8.42. The molecule has 16 heavy (non-hydrogen) atoms. The maximum absolute atomic E-state index is 10.1. The normalized spacial score (nSPS) is 10.8. The number of hydrogen-bond donors (Lipinski definition) is 2. The standard InChI is InChI=1S/C12H10N2O2/c15-8-13-6-4-9-2-1-3-10-12(9)11(16)5-7-14-10/h1-8H,(H,13,15)(H,14,16). The van der Waals surface area contributed by atoms with Gasteiger partial charge in [-0.15, -0.1) is 0 Å². The van der Waals surface area contributed by atoms with Gasteiger partial charge in [-0.2, -0.15) is 0 Å². The van der Waals surface area contributed by atoms with Crippen LogP contribution in [0, 0.1) is 0 Å². The molecule has 0 bridgehead atoms. The third kappa shape index (κ3) is 1.86. The van der Waals surface area contributed by atoms with E-state index in [2.05, 4.69) is 10.3 Å². The molecule has 80 valence electrons. The third-order valence-corrected chi connectivity index (χ3v) is 2.20. The summed E-state index contributed by atoms with van der Waals surface area (Å²) in [6, 6.07) is 7.04. The Morgan fingerprint density at radius 3 is 3.00 bits per heavy atom. The van der Waals surface area contributed by atoms with E-state index in [-0.39, 0.29) is 5.75 Å².